The zero-order valence-electron chi connectivity index (χ0n) is 11.7. The summed E-state index contributed by atoms with van der Waals surface area (Å²) < 4.78 is 37.0. The number of nitrogens with zero attached hydrogens (tertiary/aromatic N) is 2. The molecule has 0 amide bonds. The van der Waals surface area contributed by atoms with Gasteiger partial charge in [0.15, 0.2) is 5.83 Å². The van der Waals surface area contributed by atoms with E-state index in [1.165, 1.54) is 7.11 Å². The third-order valence-electron chi connectivity index (χ3n) is 2.87. The van der Waals surface area contributed by atoms with Gasteiger partial charge in [-0.05, 0) is 29.9 Å². The van der Waals surface area contributed by atoms with Crippen LogP contribution in [-0.2, 0) is 4.84 Å². The van der Waals surface area contributed by atoms with E-state index in [1.54, 1.807) is 11.8 Å². The molecular weight excluding hydrogens is 289 g/mol. The Morgan fingerprint density at radius 3 is 2.80 bits per heavy atom. The minimum Gasteiger partial charge on any atom is -0.399 e. The van der Waals surface area contributed by atoms with Gasteiger partial charge in [-0.25, -0.2) is 4.39 Å². The molecule has 0 aliphatic carbocycles. The van der Waals surface area contributed by atoms with E-state index in [2.05, 4.69) is 15.0 Å². The van der Waals surface area contributed by atoms with Crippen molar-refractivity contribution in [3.05, 3.63) is 22.5 Å². The topological polar surface area (TPSA) is 34.0 Å². The van der Waals surface area contributed by atoms with Gasteiger partial charge >= 0.3 is 6.08 Å². The molecule has 0 fully saturated rings. The lowest BCUT2D eigenvalue weighted by molar-refractivity contribution is 0.213. The second-order valence-electron chi connectivity index (χ2n) is 4.50. The molecule has 2 atom stereocenters. The number of hydrogen-bond donors (Lipinski definition) is 1. The highest BCUT2D eigenvalue weighted by Gasteiger charge is 2.19. The summed E-state index contributed by atoms with van der Waals surface area (Å²) >= 11 is 0. The third-order valence-corrected chi connectivity index (χ3v) is 5.17. The van der Waals surface area contributed by atoms with Gasteiger partial charge in [-0.2, -0.15) is 19.7 Å². The zero-order valence-corrected chi connectivity index (χ0v) is 12.6. The van der Waals surface area contributed by atoms with Crippen LogP contribution in [0.25, 0.3) is 0 Å². The van der Waals surface area contributed by atoms with E-state index in [0.717, 1.165) is 17.0 Å². The first-order chi connectivity index (χ1) is 9.45. The van der Waals surface area contributed by atoms with E-state index in [4.69, 9.17) is 0 Å². The Kier molecular flexibility index (Phi) is 6.84. The lowest BCUT2D eigenvalue weighted by atomic mass is 10.1. The number of thiol groups is 1. The smallest absolute Gasteiger partial charge is 0.301 e. The van der Waals surface area contributed by atoms with Crippen molar-refractivity contribution < 1.29 is 18.0 Å². The summed E-state index contributed by atoms with van der Waals surface area (Å²) in [5.74, 6) is -0.799. The minimum absolute atomic E-state index is 0.157. The van der Waals surface area contributed by atoms with Gasteiger partial charge < -0.3 is 4.84 Å². The zero-order chi connectivity index (χ0) is 15.1. The van der Waals surface area contributed by atoms with Crippen molar-refractivity contribution >= 4 is 22.7 Å². The second-order valence-corrected chi connectivity index (χ2v) is 6.66. The average Bonchev–Trinajstić information content (AvgIpc) is 2.74. The van der Waals surface area contributed by atoms with Crippen LogP contribution in [0, 0.1) is 5.92 Å². The Labute approximate surface area is 119 Å². The van der Waals surface area contributed by atoms with Gasteiger partial charge in [-0.15, -0.1) is 0 Å². The SMILES string of the molecule is CON=C[C@@H](C)CC1=C(C)N=C[SH]1CCC(F)=C(F)F. The normalized spacial score (nSPS) is 21.6. The van der Waals surface area contributed by atoms with Crippen LogP contribution in [0.1, 0.15) is 26.7 Å². The molecule has 0 saturated carbocycles. The largest absolute Gasteiger partial charge is 0.399 e. The van der Waals surface area contributed by atoms with E-state index in [1.807, 2.05) is 13.8 Å². The molecule has 1 unspecified atom stereocenters. The number of oxime groups is 1. The van der Waals surface area contributed by atoms with Gasteiger partial charge in [-0.1, -0.05) is 12.1 Å². The lowest BCUT2D eigenvalue weighted by Gasteiger charge is -2.18. The van der Waals surface area contributed by atoms with Gasteiger partial charge in [0.25, 0.3) is 0 Å². The molecule has 0 bridgehead atoms. The molecule has 3 nitrogen and oxygen atoms in total. The van der Waals surface area contributed by atoms with Crippen molar-refractivity contribution in [1.82, 2.24) is 0 Å². The molecule has 0 aromatic heterocycles. The van der Waals surface area contributed by atoms with Crippen molar-refractivity contribution in [2.24, 2.45) is 16.1 Å². The third kappa shape index (κ3) is 5.03. The van der Waals surface area contributed by atoms with Gasteiger partial charge in [0.1, 0.15) is 7.11 Å². The molecule has 1 rings (SSSR count). The number of hydrogen-bond acceptors (Lipinski definition) is 3. The lowest BCUT2D eigenvalue weighted by Crippen LogP contribution is -2.01. The first-order valence-corrected chi connectivity index (χ1v) is 7.82. The Morgan fingerprint density at radius 2 is 2.20 bits per heavy atom. The van der Waals surface area contributed by atoms with Gasteiger partial charge in [0.05, 0.1) is 0 Å². The van der Waals surface area contributed by atoms with E-state index in [0.29, 0.717) is 5.75 Å². The molecule has 0 aromatic rings. The van der Waals surface area contributed by atoms with Crippen LogP contribution in [0.15, 0.2) is 32.7 Å². The summed E-state index contributed by atoms with van der Waals surface area (Å²) in [6, 6.07) is 0. The summed E-state index contributed by atoms with van der Waals surface area (Å²) in [5.41, 5.74) is 2.67. The molecule has 0 saturated heterocycles. The maximum absolute atomic E-state index is 12.9. The first kappa shape index (κ1) is 16.8. The molecule has 1 aliphatic rings. The summed E-state index contributed by atoms with van der Waals surface area (Å²) in [4.78, 5) is 9.97. The van der Waals surface area contributed by atoms with Crippen molar-refractivity contribution in [3.8, 4) is 0 Å². The van der Waals surface area contributed by atoms with Crippen LogP contribution in [-0.4, -0.2) is 24.6 Å². The highest BCUT2D eigenvalue weighted by atomic mass is 32.2. The highest BCUT2D eigenvalue weighted by molar-refractivity contribution is 8.31. The van der Waals surface area contributed by atoms with Gasteiger partial charge in [0.2, 0.25) is 0 Å². The predicted molar refractivity (Wildman–Crippen MR) is 79.3 cm³/mol. The molecule has 0 aromatic carbocycles. The van der Waals surface area contributed by atoms with E-state index in [9.17, 15) is 13.2 Å². The monoisotopic (exact) mass is 308 g/mol. The van der Waals surface area contributed by atoms with Crippen LogP contribution in [0.4, 0.5) is 13.2 Å². The Bertz CT molecular complexity index is 457. The summed E-state index contributed by atoms with van der Waals surface area (Å²) in [6.45, 7) is 3.87. The van der Waals surface area contributed by atoms with Gasteiger partial charge in [0, 0.05) is 23.9 Å². The fourth-order valence-electron chi connectivity index (χ4n) is 1.80. The van der Waals surface area contributed by atoms with Crippen LogP contribution >= 0.6 is 10.9 Å². The van der Waals surface area contributed by atoms with Crippen LogP contribution in [0.3, 0.4) is 0 Å². The number of allylic oxidation sites excluding steroid dienone is 3. The second kappa shape index (κ2) is 8.14. The minimum atomic E-state index is -2.22. The maximum Gasteiger partial charge on any atom is 0.301 e. The van der Waals surface area contributed by atoms with Crippen molar-refractivity contribution in [2.75, 3.05) is 12.9 Å². The molecule has 0 N–H and O–H groups in total. The highest BCUT2D eigenvalue weighted by Crippen LogP contribution is 2.44. The molecule has 1 aliphatic heterocycles. The number of rotatable bonds is 7. The Hall–Kier alpha value is -1.24. The molecule has 114 valence electrons. The standard InChI is InChI=1S/C13H19F3N2OS/c1-9(7-18-19-3)6-12-10(2)17-8-20(12)5-4-11(14)13(15)16/h7-9,20H,4-6H2,1-3H3/t9-/m0/s1. The average molecular weight is 308 g/mol. The van der Waals surface area contributed by atoms with Gasteiger partial charge in [-0.3, -0.25) is 4.99 Å². The fourth-order valence-corrected chi connectivity index (χ4v) is 4.07. The number of aliphatic imine (C=N–C) groups is 1. The summed E-state index contributed by atoms with van der Waals surface area (Å²) in [6.07, 6.45) is -0.0436. The summed E-state index contributed by atoms with van der Waals surface area (Å²) in [7, 11) is 0.697. The van der Waals surface area contributed by atoms with E-state index in [-0.39, 0.29) is 12.3 Å². The molecule has 0 radical (unpaired) electrons. The number of halogens is 3. The fraction of sp³-hybridized carbons (Fsp3) is 0.538. The van der Waals surface area contributed by atoms with Crippen LogP contribution < -0.4 is 0 Å². The first-order valence-electron chi connectivity index (χ1n) is 6.22. The molecular formula is C13H19F3N2OS. The van der Waals surface area contributed by atoms with Crippen LogP contribution in [0.2, 0.25) is 0 Å². The molecule has 20 heavy (non-hydrogen) atoms. The van der Waals surface area contributed by atoms with Crippen LogP contribution in [0.5, 0.6) is 0 Å². The predicted octanol–water partition coefficient (Wildman–Crippen LogP) is 4.39. The quantitative estimate of drug-likeness (QED) is 0.422. The van der Waals surface area contributed by atoms with E-state index >= 15 is 0 Å². The molecule has 7 heteroatoms. The maximum atomic E-state index is 12.9. The van der Waals surface area contributed by atoms with Crippen molar-refractivity contribution in [3.63, 3.8) is 0 Å². The summed E-state index contributed by atoms with van der Waals surface area (Å²) in [5, 5.41) is 3.71. The van der Waals surface area contributed by atoms with Crippen molar-refractivity contribution in [2.45, 2.75) is 26.7 Å². The van der Waals surface area contributed by atoms with Crippen molar-refractivity contribution in [1.29, 1.82) is 0 Å². The Morgan fingerprint density at radius 1 is 1.50 bits per heavy atom. The Balaban J connectivity index is 2.62. The molecule has 1 heterocycles. The molecule has 0 spiro atoms. The van der Waals surface area contributed by atoms with E-state index < -0.39 is 22.8 Å².